The van der Waals surface area contributed by atoms with Crippen molar-refractivity contribution >= 4 is 18.4 Å². The zero-order chi connectivity index (χ0) is 16.2. The topological polar surface area (TPSA) is 55.2 Å². The molecule has 0 saturated carbocycles. The lowest BCUT2D eigenvalue weighted by Gasteiger charge is -2.02. The Kier molecular flexibility index (Phi) is 4.34. The second-order valence-electron chi connectivity index (χ2n) is 5.05. The molecule has 0 spiro atoms. The third-order valence-corrected chi connectivity index (χ3v) is 3.64. The van der Waals surface area contributed by atoms with Gasteiger partial charge in [-0.3, -0.25) is 0 Å². The minimum atomic E-state index is 0.444. The second kappa shape index (κ2) is 6.58. The first-order chi connectivity index (χ1) is 11.2. The molecule has 1 aromatic heterocycles. The molecule has 2 aromatic carbocycles. The van der Waals surface area contributed by atoms with Gasteiger partial charge in [0.25, 0.3) is 0 Å². The largest absolute Gasteiger partial charge is 0.497 e. The van der Waals surface area contributed by atoms with Gasteiger partial charge in [0.2, 0.25) is 4.77 Å². The highest BCUT2D eigenvalue weighted by Gasteiger charge is 2.07. The number of rotatable bonds is 4. The summed E-state index contributed by atoms with van der Waals surface area (Å²) in [5.41, 5.74) is 3.06. The molecule has 0 unspecified atom stereocenters. The number of aryl methyl sites for hydroxylation is 1. The molecule has 5 nitrogen and oxygen atoms in total. The molecule has 6 heteroatoms. The number of hydrogen-bond donors (Lipinski definition) is 1. The average Bonchev–Trinajstić information content (AvgIpc) is 2.94. The smallest absolute Gasteiger partial charge is 0.216 e. The number of nitrogens with one attached hydrogen (secondary N) is 1. The van der Waals surface area contributed by atoms with Crippen LogP contribution in [0.1, 0.15) is 11.1 Å². The normalized spacial score (nSPS) is 11.0. The van der Waals surface area contributed by atoms with Crippen molar-refractivity contribution in [3.05, 3.63) is 64.4 Å². The van der Waals surface area contributed by atoms with E-state index in [1.165, 1.54) is 5.56 Å². The number of hydrogen-bond acceptors (Lipinski definition) is 4. The molecule has 1 heterocycles. The van der Waals surface area contributed by atoms with Crippen molar-refractivity contribution in [3.8, 4) is 17.1 Å². The number of benzene rings is 2. The van der Waals surface area contributed by atoms with E-state index in [9.17, 15) is 0 Å². The number of nitrogens with zero attached hydrogens (tertiary/aromatic N) is 3. The Morgan fingerprint density at radius 2 is 2.00 bits per heavy atom. The summed E-state index contributed by atoms with van der Waals surface area (Å²) in [6, 6.07) is 15.7. The first-order valence-corrected chi connectivity index (χ1v) is 7.51. The third kappa shape index (κ3) is 3.37. The summed E-state index contributed by atoms with van der Waals surface area (Å²) in [5.74, 6) is 1.46. The van der Waals surface area contributed by atoms with Gasteiger partial charge in [-0.05, 0) is 36.8 Å². The Morgan fingerprint density at radius 3 is 2.74 bits per heavy atom. The van der Waals surface area contributed by atoms with Gasteiger partial charge in [-0.25, -0.2) is 5.10 Å². The van der Waals surface area contributed by atoms with Gasteiger partial charge in [-0.1, -0.05) is 42.0 Å². The van der Waals surface area contributed by atoms with Crippen molar-refractivity contribution < 1.29 is 4.74 Å². The molecule has 0 bridgehead atoms. The zero-order valence-electron chi connectivity index (χ0n) is 12.9. The van der Waals surface area contributed by atoms with Gasteiger partial charge in [0.15, 0.2) is 5.82 Å². The van der Waals surface area contributed by atoms with Crippen molar-refractivity contribution in [2.45, 2.75) is 6.92 Å². The minimum absolute atomic E-state index is 0.444. The molecule has 116 valence electrons. The van der Waals surface area contributed by atoms with E-state index in [-0.39, 0.29) is 0 Å². The van der Waals surface area contributed by atoms with E-state index in [0.717, 1.165) is 16.9 Å². The molecule has 0 radical (unpaired) electrons. The molecule has 23 heavy (non-hydrogen) atoms. The summed E-state index contributed by atoms with van der Waals surface area (Å²) in [4.78, 5) is 0. The maximum absolute atomic E-state index is 5.27. The van der Waals surface area contributed by atoms with Gasteiger partial charge in [0, 0.05) is 5.56 Å². The van der Waals surface area contributed by atoms with Crippen LogP contribution in [0.4, 0.5) is 0 Å². The average molecular weight is 324 g/mol. The van der Waals surface area contributed by atoms with Crippen LogP contribution in [0, 0.1) is 11.7 Å². The van der Waals surface area contributed by atoms with Crippen molar-refractivity contribution in [1.29, 1.82) is 0 Å². The minimum Gasteiger partial charge on any atom is -0.497 e. The lowest BCUT2D eigenvalue weighted by molar-refractivity contribution is 0.415. The molecule has 3 aromatic rings. The number of methoxy groups -OCH3 is 1. The molecule has 0 fully saturated rings. The first-order valence-electron chi connectivity index (χ1n) is 7.10. The van der Waals surface area contributed by atoms with Crippen molar-refractivity contribution in [2.75, 3.05) is 7.11 Å². The molecule has 1 N–H and O–H groups in total. The van der Waals surface area contributed by atoms with Gasteiger partial charge >= 0.3 is 0 Å². The van der Waals surface area contributed by atoms with Crippen LogP contribution >= 0.6 is 12.2 Å². The van der Waals surface area contributed by atoms with Crippen molar-refractivity contribution in [2.24, 2.45) is 5.10 Å². The Morgan fingerprint density at radius 1 is 1.22 bits per heavy atom. The molecule has 0 saturated heterocycles. The monoisotopic (exact) mass is 324 g/mol. The lowest BCUT2D eigenvalue weighted by atomic mass is 10.1. The standard InChI is InChI=1S/C17H16N4OS/c1-12-6-8-14(9-7-12)16-19-20-17(23)21(16)18-11-13-4-3-5-15(10-13)22-2/h3-11H,1-2H3,(H,20,23)/b18-11+. The summed E-state index contributed by atoms with van der Waals surface area (Å²) >= 11 is 5.27. The van der Waals surface area contributed by atoms with E-state index in [1.807, 2.05) is 55.5 Å². The fraction of sp³-hybridized carbons (Fsp3) is 0.118. The Labute approximate surface area is 139 Å². The molecule has 0 amide bonds. The van der Waals surface area contributed by atoms with E-state index < -0.39 is 0 Å². The molecule has 0 atom stereocenters. The van der Waals surface area contributed by atoms with Crippen LogP contribution in [-0.4, -0.2) is 28.2 Å². The van der Waals surface area contributed by atoms with Crippen LogP contribution in [0.5, 0.6) is 5.75 Å². The van der Waals surface area contributed by atoms with Crippen LogP contribution in [0.3, 0.4) is 0 Å². The Bertz CT molecular complexity index is 893. The summed E-state index contributed by atoms with van der Waals surface area (Å²) in [7, 11) is 1.64. The van der Waals surface area contributed by atoms with E-state index >= 15 is 0 Å². The number of ether oxygens (including phenoxy) is 1. The van der Waals surface area contributed by atoms with Crippen LogP contribution in [0.2, 0.25) is 0 Å². The molecule has 0 aliphatic heterocycles. The summed E-state index contributed by atoms with van der Waals surface area (Å²) in [5, 5.41) is 11.5. The van der Waals surface area contributed by atoms with E-state index in [2.05, 4.69) is 15.3 Å². The molecular weight excluding hydrogens is 308 g/mol. The van der Waals surface area contributed by atoms with Gasteiger partial charge in [-0.15, -0.1) is 0 Å². The summed E-state index contributed by atoms with van der Waals surface area (Å²) < 4.78 is 7.27. The highest BCUT2D eigenvalue weighted by Crippen LogP contribution is 2.18. The maximum Gasteiger partial charge on any atom is 0.216 e. The molecule has 0 aliphatic carbocycles. The predicted molar refractivity (Wildman–Crippen MR) is 93.6 cm³/mol. The van der Waals surface area contributed by atoms with Crippen LogP contribution < -0.4 is 4.74 Å². The maximum atomic E-state index is 5.27. The van der Waals surface area contributed by atoms with E-state index in [4.69, 9.17) is 17.0 Å². The highest BCUT2D eigenvalue weighted by atomic mass is 32.1. The quantitative estimate of drug-likeness (QED) is 0.586. The zero-order valence-corrected chi connectivity index (χ0v) is 13.7. The van der Waals surface area contributed by atoms with Crippen LogP contribution in [0.15, 0.2) is 53.6 Å². The van der Waals surface area contributed by atoms with Crippen molar-refractivity contribution in [1.82, 2.24) is 14.9 Å². The van der Waals surface area contributed by atoms with Crippen LogP contribution in [0.25, 0.3) is 11.4 Å². The fourth-order valence-electron chi connectivity index (χ4n) is 2.13. The molecule has 3 rings (SSSR count). The Hall–Kier alpha value is -2.73. The first kappa shape index (κ1) is 15.2. The lowest BCUT2D eigenvalue weighted by Crippen LogP contribution is -1.95. The van der Waals surface area contributed by atoms with E-state index in [1.54, 1.807) is 18.0 Å². The number of aromatic amines is 1. The van der Waals surface area contributed by atoms with Gasteiger partial charge < -0.3 is 4.74 Å². The number of H-pyrrole nitrogens is 1. The predicted octanol–water partition coefficient (Wildman–Crippen LogP) is 3.81. The van der Waals surface area contributed by atoms with Crippen LogP contribution in [-0.2, 0) is 0 Å². The molecular formula is C17H16N4OS. The fourth-order valence-corrected chi connectivity index (χ4v) is 2.31. The second-order valence-corrected chi connectivity index (χ2v) is 5.44. The van der Waals surface area contributed by atoms with Crippen molar-refractivity contribution in [3.63, 3.8) is 0 Å². The molecule has 0 aliphatic rings. The van der Waals surface area contributed by atoms with E-state index in [0.29, 0.717) is 10.6 Å². The highest BCUT2D eigenvalue weighted by molar-refractivity contribution is 7.71. The SMILES string of the molecule is COc1cccc(/C=N/n2c(-c3ccc(C)cc3)n[nH]c2=S)c1. The van der Waals surface area contributed by atoms with Gasteiger partial charge in [0.05, 0.1) is 13.3 Å². The summed E-state index contributed by atoms with van der Waals surface area (Å²) in [6.45, 7) is 2.04. The van der Waals surface area contributed by atoms with Gasteiger partial charge in [0.1, 0.15) is 5.75 Å². The number of aromatic nitrogens is 3. The third-order valence-electron chi connectivity index (χ3n) is 3.38. The van der Waals surface area contributed by atoms with Gasteiger partial charge in [-0.2, -0.15) is 14.9 Å². The Balaban J connectivity index is 1.97. The summed E-state index contributed by atoms with van der Waals surface area (Å²) in [6.07, 6.45) is 1.73.